The Kier molecular flexibility index (Phi) is 5.26. The molecule has 2 aromatic carbocycles. The summed E-state index contributed by atoms with van der Waals surface area (Å²) in [6.07, 6.45) is 0. The summed E-state index contributed by atoms with van der Waals surface area (Å²) in [5, 5.41) is 3.76. The predicted molar refractivity (Wildman–Crippen MR) is 90.9 cm³/mol. The number of hydrogen-bond donors (Lipinski definition) is 1. The molecule has 0 aliphatic heterocycles. The zero-order valence-corrected chi connectivity index (χ0v) is 14.2. The lowest BCUT2D eigenvalue weighted by molar-refractivity contribution is 0.0828. The molecule has 0 heterocycles. The van der Waals surface area contributed by atoms with Gasteiger partial charge in [0, 0.05) is 30.8 Å². The Balaban J connectivity index is 2.12. The van der Waals surface area contributed by atoms with E-state index in [4.69, 9.17) is 11.6 Å². The van der Waals surface area contributed by atoms with Crippen molar-refractivity contribution in [2.24, 2.45) is 0 Å². The number of nitrogens with zero attached hydrogens (tertiary/aromatic N) is 1. The highest BCUT2D eigenvalue weighted by Gasteiger charge is 2.12. The molecule has 0 atom stereocenters. The summed E-state index contributed by atoms with van der Waals surface area (Å²) < 4.78 is 1.05. The Morgan fingerprint density at radius 2 is 1.86 bits per heavy atom. The van der Waals surface area contributed by atoms with E-state index in [1.807, 2.05) is 30.3 Å². The van der Waals surface area contributed by atoms with Crippen molar-refractivity contribution in [2.45, 2.75) is 6.54 Å². The van der Waals surface area contributed by atoms with Crippen molar-refractivity contribution < 1.29 is 4.79 Å². The van der Waals surface area contributed by atoms with Crippen molar-refractivity contribution >= 4 is 39.1 Å². The van der Waals surface area contributed by atoms with Gasteiger partial charge in [-0.2, -0.15) is 0 Å². The highest BCUT2D eigenvalue weighted by atomic mass is 79.9. The third-order valence-electron chi connectivity index (χ3n) is 3.01. The van der Waals surface area contributed by atoms with Gasteiger partial charge in [0.2, 0.25) is 0 Å². The third kappa shape index (κ3) is 4.22. The first-order chi connectivity index (χ1) is 9.97. The molecule has 2 aromatic rings. The van der Waals surface area contributed by atoms with Crippen LogP contribution in [0.4, 0.5) is 5.69 Å². The first kappa shape index (κ1) is 15.9. The lowest BCUT2D eigenvalue weighted by Gasteiger charge is -2.13. The lowest BCUT2D eigenvalue weighted by atomic mass is 10.1. The van der Waals surface area contributed by atoms with E-state index in [-0.39, 0.29) is 5.91 Å². The molecule has 0 saturated heterocycles. The number of carbonyl (C=O) groups is 1. The van der Waals surface area contributed by atoms with Gasteiger partial charge >= 0.3 is 0 Å². The summed E-state index contributed by atoms with van der Waals surface area (Å²) >= 11 is 9.50. The summed E-state index contributed by atoms with van der Waals surface area (Å²) in [7, 11) is 3.42. The summed E-state index contributed by atoms with van der Waals surface area (Å²) in [5.41, 5.74) is 2.53. The number of amides is 1. The molecule has 1 N–H and O–H groups in total. The van der Waals surface area contributed by atoms with Crippen LogP contribution in [-0.2, 0) is 6.54 Å². The van der Waals surface area contributed by atoms with Crippen LogP contribution >= 0.6 is 27.5 Å². The molecule has 0 aliphatic rings. The van der Waals surface area contributed by atoms with Gasteiger partial charge in [-0.15, -0.1) is 0 Å². The molecule has 0 aromatic heterocycles. The van der Waals surface area contributed by atoms with Crippen LogP contribution in [0.15, 0.2) is 46.9 Å². The van der Waals surface area contributed by atoms with Crippen LogP contribution in [0.2, 0.25) is 5.02 Å². The Morgan fingerprint density at radius 3 is 2.48 bits per heavy atom. The average Bonchev–Trinajstić information content (AvgIpc) is 2.47. The summed E-state index contributed by atoms with van der Waals surface area (Å²) in [4.78, 5) is 13.6. The fourth-order valence-corrected chi connectivity index (χ4v) is 2.31. The normalized spacial score (nSPS) is 10.3. The fraction of sp³-hybridized carbons (Fsp3) is 0.188. The summed E-state index contributed by atoms with van der Waals surface area (Å²) in [5.74, 6) is -0.104. The molecular formula is C16H16BrClN2O. The maximum absolute atomic E-state index is 12.0. The Morgan fingerprint density at radius 1 is 1.19 bits per heavy atom. The lowest BCUT2D eigenvalue weighted by Crippen LogP contribution is -2.22. The van der Waals surface area contributed by atoms with Crippen LogP contribution in [0.3, 0.4) is 0 Å². The van der Waals surface area contributed by atoms with Crippen molar-refractivity contribution in [1.29, 1.82) is 0 Å². The zero-order valence-electron chi connectivity index (χ0n) is 11.9. The third-order valence-corrected chi connectivity index (χ3v) is 3.87. The van der Waals surface area contributed by atoms with Gasteiger partial charge in [0.05, 0.1) is 10.6 Å². The minimum atomic E-state index is -0.104. The maximum Gasteiger partial charge on any atom is 0.254 e. The molecule has 0 spiro atoms. The number of benzene rings is 2. The van der Waals surface area contributed by atoms with Crippen molar-refractivity contribution in [1.82, 2.24) is 4.90 Å². The SMILES string of the molecule is CN(C)C(=O)c1cc(NCc2ccc(Br)cc2)ccc1Cl. The van der Waals surface area contributed by atoms with Gasteiger partial charge in [0.1, 0.15) is 0 Å². The smallest absolute Gasteiger partial charge is 0.254 e. The number of halogens is 2. The van der Waals surface area contributed by atoms with E-state index >= 15 is 0 Å². The standard InChI is InChI=1S/C16H16BrClN2O/c1-20(2)16(21)14-9-13(7-8-15(14)18)19-10-11-3-5-12(17)6-4-11/h3-9,19H,10H2,1-2H3. The van der Waals surface area contributed by atoms with Crippen LogP contribution in [0.1, 0.15) is 15.9 Å². The second-order valence-electron chi connectivity index (χ2n) is 4.87. The quantitative estimate of drug-likeness (QED) is 0.868. The summed E-state index contributed by atoms with van der Waals surface area (Å²) in [6.45, 7) is 0.685. The minimum Gasteiger partial charge on any atom is -0.381 e. The largest absolute Gasteiger partial charge is 0.381 e. The first-order valence-electron chi connectivity index (χ1n) is 6.47. The molecule has 21 heavy (non-hydrogen) atoms. The predicted octanol–water partition coefficient (Wildman–Crippen LogP) is 4.42. The molecule has 0 saturated carbocycles. The molecule has 0 radical (unpaired) electrons. The number of carbonyl (C=O) groups excluding carboxylic acids is 1. The molecule has 2 rings (SSSR count). The van der Waals surface area contributed by atoms with E-state index in [1.165, 1.54) is 4.90 Å². The van der Waals surface area contributed by atoms with Crippen LogP contribution in [-0.4, -0.2) is 24.9 Å². The Labute approximate surface area is 138 Å². The number of nitrogens with one attached hydrogen (secondary N) is 1. The summed E-state index contributed by atoms with van der Waals surface area (Å²) in [6, 6.07) is 13.5. The van der Waals surface area contributed by atoms with Crippen LogP contribution < -0.4 is 5.32 Å². The van der Waals surface area contributed by atoms with Gasteiger partial charge in [-0.05, 0) is 35.9 Å². The highest BCUT2D eigenvalue weighted by molar-refractivity contribution is 9.10. The monoisotopic (exact) mass is 366 g/mol. The zero-order chi connectivity index (χ0) is 15.4. The van der Waals surface area contributed by atoms with Gasteiger partial charge in [0.25, 0.3) is 5.91 Å². The molecular weight excluding hydrogens is 352 g/mol. The topological polar surface area (TPSA) is 32.3 Å². The molecule has 110 valence electrons. The highest BCUT2D eigenvalue weighted by Crippen LogP contribution is 2.22. The molecule has 0 aliphatic carbocycles. The van der Waals surface area contributed by atoms with Gasteiger partial charge in [-0.3, -0.25) is 4.79 Å². The molecule has 0 bridgehead atoms. The van der Waals surface area contributed by atoms with E-state index in [2.05, 4.69) is 21.2 Å². The van der Waals surface area contributed by atoms with Crippen LogP contribution in [0, 0.1) is 0 Å². The van der Waals surface area contributed by atoms with Crippen LogP contribution in [0.5, 0.6) is 0 Å². The van der Waals surface area contributed by atoms with Gasteiger partial charge < -0.3 is 10.2 Å². The van der Waals surface area contributed by atoms with Crippen molar-refractivity contribution in [2.75, 3.05) is 19.4 Å². The number of hydrogen-bond acceptors (Lipinski definition) is 2. The van der Waals surface area contributed by atoms with Gasteiger partial charge in [-0.25, -0.2) is 0 Å². The molecule has 1 amide bonds. The van der Waals surface area contributed by atoms with Crippen LogP contribution in [0.25, 0.3) is 0 Å². The van der Waals surface area contributed by atoms with Crippen molar-refractivity contribution in [3.05, 3.63) is 63.1 Å². The van der Waals surface area contributed by atoms with Gasteiger partial charge in [-0.1, -0.05) is 39.7 Å². The first-order valence-corrected chi connectivity index (χ1v) is 7.64. The van der Waals surface area contributed by atoms with Crippen molar-refractivity contribution in [3.63, 3.8) is 0 Å². The number of anilines is 1. The van der Waals surface area contributed by atoms with E-state index in [0.717, 1.165) is 15.7 Å². The number of rotatable bonds is 4. The second kappa shape index (κ2) is 6.96. The average molecular weight is 368 g/mol. The second-order valence-corrected chi connectivity index (χ2v) is 6.20. The van der Waals surface area contributed by atoms with Crippen molar-refractivity contribution in [3.8, 4) is 0 Å². The minimum absolute atomic E-state index is 0.104. The van der Waals surface area contributed by atoms with E-state index in [0.29, 0.717) is 17.1 Å². The maximum atomic E-state index is 12.0. The van der Waals surface area contributed by atoms with E-state index < -0.39 is 0 Å². The molecule has 5 heteroatoms. The molecule has 0 fully saturated rings. The van der Waals surface area contributed by atoms with Gasteiger partial charge in [0.15, 0.2) is 0 Å². The molecule has 0 unspecified atom stereocenters. The molecule has 3 nitrogen and oxygen atoms in total. The fourth-order valence-electron chi connectivity index (χ4n) is 1.85. The Hall–Kier alpha value is -1.52. The van der Waals surface area contributed by atoms with E-state index in [1.54, 1.807) is 26.2 Å². The van der Waals surface area contributed by atoms with E-state index in [9.17, 15) is 4.79 Å². The Bertz CT molecular complexity index is 641.